The molecule has 0 saturated carbocycles. The zero-order chi connectivity index (χ0) is 15.5. The number of aliphatic carboxylic acids is 1. The minimum absolute atomic E-state index is 0.135. The lowest BCUT2D eigenvalue weighted by atomic mass is 9.94. The third-order valence-corrected chi connectivity index (χ3v) is 5.29. The average molecular weight is 316 g/mol. The zero-order valence-corrected chi connectivity index (χ0v) is 13.4. The van der Waals surface area contributed by atoms with Gasteiger partial charge in [0.2, 0.25) is 0 Å². The Morgan fingerprint density at radius 2 is 2.14 bits per heavy atom. The molecular weight excluding hydrogens is 296 g/mol. The predicted octanol–water partition coefficient (Wildman–Crippen LogP) is 3.34. The van der Waals surface area contributed by atoms with Crippen molar-refractivity contribution in [1.82, 2.24) is 9.88 Å². The Hall–Kier alpha value is -1.72. The van der Waals surface area contributed by atoms with Crippen LogP contribution < -0.4 is 0 Å². The molecule has 0 radical (unpaired) electrons. The molecule has 116 valence electrons. The highest BCUT2D eigenvalue weighted by atomic mass is 32.1. The van der Waals surface area contributed by atoms with E-state index in [0.717, 1.165) is 18.8 Å². The number of likely N-dealkylation sites (tertiary alicyclic amines) is 1. The number of hydrogen-bond donors (Lipinski definition) is 1. The summed E-state index contributed by atoms with van der Waals surface area (Å²) < 4.78 is 0. The van der Waals surface area contributed by atoms with Gasteiger partial charge < -0.3 is 5.11 Å². The molecule has 4 nitrogen and oxygen atoms in total. The molecule has 5 heteroatoms. The standard InChI is InChI=1S/C17H20N2O2S/c1-12-4-2-8-18-15(12)16(14-5-3-11-22-14)19-9-6-13(7-10-19)17(20)21/h2-5,8,11,13,16H,6-7,9-10H2,1H3,(H,20,21). The lowest BCUT2D eigenvalue weighted by Crippen LogP contribution is -2.39. The first-order valence-electron chi connectivity index (χ1n) is 7.58. The van der Waals surface area contributed by atoms with Gasteiger partial charge in [0.05, 0.1) is 17.7 Å². The monoisotopic (exact) mass is 316 g/mol. The minimum atomic E-state index is -0.665. The zero-order valence-electron chi connectivity index (χ0n) is 12.6. The molecule has 0 aliphatic carbocycles. The molecule has 22 heavy (non-hydrogen) atoms. The first-order valence-corrected chi connectivity index (χ1v) is 8.46. The maximum atomic E-state index is 11.2. The summed E-state index contributed by atoms with van der Waals surface area (Å²) >= 11 is 1.74. The Kier molecular flexibility index (Phi) is 4.55. The first-order chi connectivity index (χ1) is 10.7. The molecule has 1 unspecified atom stereocenters. The van der Waals surface area contributed by atoms with Gasteiger partial charge in [0, 0.05) is 11.1 Å². The van der Waals surface area contributed by atoms with Gasteiger partial charge in [-0.1, -0.05) is 12.1 Å². The van der Waals surface area contributed by atoms with E-state index in [-0.39, 0.29) is 12.0 Å². The van der Waals surface area contributed by atoms with Gasteiger partial charge in [-0.3, -0.25) is 14.7 Å². The summed E-state index contributed by atoms with van der Waals surface area (Å²) in [7, 11) is 0. The highest BCUT2D eigenvalue weighted by Gasteiger charge is 2.31. The van der Waals surface area contributed by atoms with Crippen LogP contribution >= 0.6 is 11.3 Å². The molecule has 1 atom stereocenters. The van der Waals surface area contributed by atoms with Crippen molar-refractivity contribution in [2.24, 2.45) is 5.92 Å². The molecule has 0 bridgehead atoms. The van der Waals surface area contributed by atoms with Crippen LogP contribution in [-0.2, 0) is 4.79 Å². The number of nitrogens with zero attached hydrogens (tertiary/aromatic N) is 2. The number of pyridine rings is 1. The summed E-state index contributed by atoms with van der Waals surface area (Å²) in [6.45, 7) is 3.69. The second-order valence-electron chi connectivity index (χ2n) is 5.77. The van der Waals surface area contributed by atoms with Gasteiger partial charge in [-0.05, 0) is 55.9 Å². The fraction of sp³-hybridized carbons (Fsp3) is 0.412. The number of carboxylic acids is 1. The maximum absolute atomic E-state index is 11.2. The molecule has 2 aromatic heterocycles. The van der Waals surface area contributed by atoms with Crippen molar-refractivity contribution in [2.75, 3.05) is 13.1 Å². The van der Waals surface area contributed by atoms with Crippen molar-refractivity contribution in [3.05, 3.63) is 52.0 Å². The lowest BCUT2D eigenvalue weighted by Gasteiger charge is -2.36. The van der Waals surface area contributed by atoms with E-state index in [1.165, 1.54) is 10.4 Å². The van der Waals surface area contributed by atoms with E-state index in [1.54, 1.807) is 11.3 Å². The van der Waals surface area contributed by atoms with Gasteiger partial charge in [0.15, 0.2) is 0 Å². The normalized spacial score (nSPS) is 18.2. The van der Waals surface area contributed by atoms with Gasteiger partial charge in [-0.15, -0.1) is 11.3 Å². The van der Waals surface area contributed by atoms with Gasteiger partial charge in [-0.25, -0.2) is 0 Å². The van der Waals surface area contributed by atoms with E-state index in [2.05, 4.69) is 40.4 Å². The van der Waals surface area contributed by atoms with Crippen molar-refractivity contribution < 1.29 is 9.90 Å². The van der Waals surface area contributed by atoms with Crippen LogP contribution in [0.15, 0.2) is 35.8 Å². The van der Waals surface area contributed by atoms with Crippen LogP contribution in [0.2, 0.25) is 0 Å². The van der Waals surface area contributed by atoms with Gasteiger partial charge >= 0.3 is 5.97 Å². The Morgan fingerprint density at radius 1 is 1.36 bits per heavy atom. The average Bonchev–Trinajstić information content (AvgIpc) is 3.04. The molecule has 0 amide bonds. The quantitative estimate of drug-likeness (QED) is 0.940. The molecule has 1 aliphatic heterocycles. The summed E-state index contributed by atoms with van der Waals surface area (Å²) in [6, 6.07) is 8.39. The number of thiophene rings is 1. The van der Waals surface area contributed by atoms with Gasteiger partial charge in [-0.2, -0.15) is 0 Å². The summed E-state index contributed by atoms with van der Waals surface area (Å²) in [6.07, 6.45) is 3.26. The van der Waals surface area contributed by atoms with Crippen LogP contribution in [-0.4, -0.2) is 34.0 Å². The van der Waals surface area contributed by atoms with Gasteiger partial charge in [0.1, 0.15) is 0 Å². The molecule has 3 heterocycles. The maximum Gasteiger partial charge on any atom is 0.306 e. The summed E-state index contributed by atoms with van der Waals surface area (Å²) in [4.78, 5) is 19.4. The van der Waals surface area contributed by atoms with Crippen molar-refractivity contribution >= 4 is 17.3 Å². The van der Waals surface area contributed by atoms with E-state index in [4.69, 9.17) is 0 Å². The van der Waals surface area contributed by atoms with E-state index in [9.17, 15) is 9.90 Å². The van der Waals surface area contributed by atoms with Crippen LogP contribution in [0.5, 0.6) is 0 Å². The Labute approximate surface area is 134 Å². The molecule has 1 fully saturated rings. The molecule has 1 saturated heterocycles. The number of rotatable bonds is 4. The number of aromatic nitrogens is 1. The number of piperidine rings is 1. The van der Waals surface area contributed by atoms with Crippen molar-refractivity contribution in [3.8, 4) is 0 Å². The highest BCUT2D eigenvalue weighted by Crippen LogP contribution is 2.35. The number of carbonyl (C=O) groups is 1. The number of carboxylic acid groups (broad SMARTS) is 1. The van der Waals surface area contributed by atoms with Crippen molar-refractivity contribution in [3.63, 3.8) is 0 Å². The second kappa shape index (κ2) is 6.58. The fourth-order valence-corrected chi connectivity index (χ4v) is 3.98. The summed E-state index contributed by atoms with van der Waals surface area (Å²) in [5, 5.41) is 11.3. The molecule has 0 spiro atoms. The van der Waals surface area contributed by atoms with Crippen molar-refractivity contribution in [2.45, 2.75) is 25.8 Å². The molecule has 2 aromatic rings. The van der Waals surface area contributed by atoms with E-state index >= 15 is 0 Å². The third kappa shape index (κ3) is 3.05. The molecular formula is C17H20N2O2S. The third-order valence-electron chi connectivity index (χ3n) is 4.37. The van der Waals surface area contributed by atoms with Crippen LogP contribution in [0.25, 0.3) is 0 Å². The highest BCUT2D eigenvalue weighted by molar-refractivity contribution is 7.10. The Bertz CT molecular complexity index is 634. The predicted molar refractivity (Wildman–Crippen MR) is 87.1 cm³/mol. The molecule has 1 aliphatic rings. The van der Waals surface area contributed by atoms with E-state index in [0.29, 0.717) is 12.8 Å². The molecule has 1 N–H and O–H groups in total. The van der Waals surface area contributed by atoms with Gasteiger partial charge in [0.25, 0.3) is 0 Å². The Morgan fingerprint density at radius 3 is 2.73 bits per heavy atom. The largest absolute Gasteiger partial charge is 0.481 e. The van der Waals surface area contributed by atoms with Crippen LogP contribution in [0, 0.1) is 12.8 Å². The van der Waals surface area contributed by atoms with Crippen LogP contribution in [0.3, 0.4) is 0 Å². The minimum Gasteiger partial charge on any atom is -0.481 e. The molecule has 3 rings (SSSR count). The fourth-order valence-electron chi connectivity index (χ4n) is 3.12. The Balaban J connectivity index is 1.88. The summed E-state index contributed by atoms with van der Waals surface area (Å²) in [5.41, 5.74) is 2.26. The van der Waals surface area contributed by atoms with E-state index < -0.39 is 5.97 Å². The van der Waals surface area contributed by atoms with Crippen LogP contribution in [0.4, 0.5) is 0 Å². The van der Waals surface area contributed by atoms with E-state index in [1.807, 2.05) is 12.3 Å². The summed E-state index contributed by atoms with van der Waals surface area (Å²) in [5.74, 6) is -0.869. The SMILES string of the molecule is Cc1cccnc1C(c1cccs1)N1CCC(C(=O)O)CC1. The van der Waals surface area contributed by atoms with Crippen molar-refractivity contribution in [1.29, 1.82) is 0 Å². The smallest absolute Gasteiger partial charge is 0.306 e. The topological polar surface area (TPSA) is 53.4 Å². The molecule has 0 aromatic carbocycles. The van der Waals surface area contributed by atoms with Crippen LogP contribution in [0.1, 0.15) is 35.0 Å². The second-order valence-corrected chi connectivity index (χ2v) is 6.75. The number of hydrogen-bond acceptors (Lipinski definition) is 4. The lowest BCUT2D eigenvalue weighted by molar-refractivity contribution is -0.143. The number of aryl methyl sites for hydroxylation is 1. The first kappa shape index (κ1) is 15.2.